The number of hydrogen-bond acceptors (Lipinski definition) is 4. The van der Waals surface area contributed by atoms with Gasteiger partial charge in [0.25, 0.3) is 5.91 Å². The van der Waals surface area contributed by atoms with Crippen LogP contribution in [-0.2, 0) is 6.54 Å². The zero-order valence-corrected chi connectivity index (χ0v) is 16.2. The molecule has 1 amide bonds. The lowest BCUT2D eigenvalue weighted by molar-refractivity contribution is 0.0666. The first-order valence-corrected chi connectivity index (χ1v) is 9.68. The third-order valence-corrected chi connectivity index (χ3v) is 4.96. The Balaban J connectivity index is 2.75. The lowest BCUT2D eigenvalue weighted by Crippen LogP contribution is -2.40. The molecule has 2 N–H and O–H groups in total. The maximum Gasteiger partial charge on any atom is 0.273 e. The molecular weight excluding hydrogens is 306 g/mol. The van der Waals surface area contributed by atoms with Gasteiger partial charge in [0.2, 0.25) is 0 Å². The Bertz CT molecular complexity index is 471. The molecule has 0 radical (unpaired) electrons. The van der Waals surface area contributed by atoms with Crippen molar-refractivity contribution in [1.82, 2.24) is 9.88 Å². The van der Waals surface area contributed by atoms with Crippen molar-refractivity contribution in [2.75, 3.05) is 6.54 Å². The highest BCUT2D eigenvalue weighted by molar-refractivity contribution is 7.09. The van der Waals surface area contributed by atoms with Gasteiger partial charge in [0.15, 0.2) is 0 Å². The van der Waals surface area contributed by atoms with Gasteiger partial charge in [-0.1, -0.05) is 40.5 Å². The van der Waals surface area contributed by atoms with Gasteiger partial charge in [-0.25, -0.2) is 4.98 Å². The van der Waals surface area contributed by atoms with Crippen molar-refractivity contribution in [2.45, 2.75) is 72.9 Å². The summed E-state index contributed by atoms with van der Waals surface area (Å²) in [7, 11) is 0. The lowest BCUT2D eigenvalue weighted by Gasteiger charge is -2.29. The highest BCUT2D eigenvalue weighted by Gasteiger charge is 2.23. The summed E-state index contributed by atoms with van der Waals surface area (Å²) in [4.78, 5) is 19.2. The molecule has 1 aromatic rings. The normalized spacial score (nSPS) is 12.9. The molecule has 0 saturated carbocycles. The molecule has 23 heavy (non-hydrogen) atoms. The van der Waals surface area contributed by atoms with Crippen LogP contribution in [0.1, 0.15) is 75.8 Å². The fourth-order valence-electron chi connectivity index (χ4n) is 2.55. The summed E-state index contributed by atoms with van der Waals surface area (Å²) in [6, 6.07) is 0.253. The number of carbonyl (C=O) groups excluding carboxylic acids is 1. The summed E-state index contributed by atoms with van der Waals surface area (Å²) < 4.78 is 0. The fraction of sp³-hybridized carbons (Fsp3) is 0.778. The van der Waals surface area contributed by atoms with Crippen LogP contribution in [0.4, 0.5) is 0 Å². The molecule has 0 aliphatic rings. The molecule has 132 valence electrons. The molecule has 0 saturated heterocycles. The summed E-state index contributed by atoms with van der Waals surface area (Å²) in [5.41, 5.74) is 6.17. The summed E-state index contributed by atoms with van der Waals surface area (Å²) in [6.07, 6.45) is 4.45. The van der Waals surface area contributed by atoms with Crippen molar-refractivity contribution in [2.24, 2.45) is 17.6 Å². The van der Waals surface area contributed by atoms with Crippen LogP contribution in [0.3, 0.4) is 0 Å². The number of thiazole rings is 1. The number of aromatic nitrogens is 1. The molecule has 1 heterocycles. The first-order valence-electron chi connectivity index (χ1n) is 8.80. The van der Waals surface area contributed by atoms with Crippen LogP contribution >= 0.6 is 11.3 Å². The van der Waals surface area contributed by atoms with Gasteiger partial charge in [-0.05, 0) is 31.6 Å². The summed E-state index contributed by atoms with van der Waals surface area (Å²) in [5.74, 6) is 1.36. The number of nitrogens with zero attached hydrogens (tertiary/aromatic N) is 2. The molecule has 0 aromatic carbocycles. The smallest absolute Gasteiger partial charge is 0.273 e. The van der Waals surface area contributed by atoms with Gasteiger partial charge < -0.3 is 10.6 Å². The molecule has 0 aliphatic heterocycles. The van der Waals surface area contributed by atoms with E-state index in [9.17, 15) is 4.79 Å². The van der Waals surface area contributed by atoms with Gasteiger partial charge in [0.05, 0.1) is 0 Å². The van der Waals surface area contributed by atoms with E-state index in [1.807, 2.05) is 10.3 Å². The minimum Gasteiger partial charge on any atom is -0.335 e. The SMILES string of the molecule is CC(C)CCCC(C)N(CCC(C)C)C(=O)c1csc(CN)n1. The molecule has 0 spiro atoms. The molecule has 1 atom stereocenters. The maximum absolute atomic E-state index is 12.9. The summed E-state index contributed by atoms with van der Waals surface area (Å²) in [6.45, 7) is 12.2. The van der Waals surface area contributed by atoms with Crippen molar-refractivity contribution in [1.29, 1.82) is 0 Å². The zero-order chi connectivity index (χ0) is 17.4. The first-order chi connectivity index (χ1) is 10.8. The van der Waals surface area contributed by atoms with E-state index in [1.165, 1.54) is 17.8 Å². The predicted molar refractivity (Wildman–Crippen MR) is 98.6 cm³/mol. The second kappa shape index (κ2) is 10.0. The van der Waals surface area contributed by atoms with E-state index < -0.39 is 0 Å². The van der Waals surface area contributed by atoms with E-state index in [1.54, 1.807) is 0 Å². The van der Waals surface area contributed by atoms with Crippen LogP contribution in [0.25, 0.3) is 0 Å². The monoisotopic (exact) mass is 339 g/mol. The third kappa shape index (κ3) is 7.00. The van der Waals surface area contributed by atoms with Crippen molar-refractivity contribution in [3.8, 4) is 0 Å². The molecule has 1 unspecified atom stereocenters. The Hall–Kier alpha value is -0.940. The number of nitrogens with two attached hydrogens (primary N) is 1. The van der Waals surface area contributed by atoms with E-state index in [4.69, 9.17) is 5.73 Å². The van der Waals surface area contributed by atoms with E-state index in [2.05, 4.69) is 39.6 Å². The van der Waals surface area contributed by atoms with E-state index in [0.717, 1.165) is 30.8 Å². The first kappa shape index (κ1) is 20.1. The number of carbonyl (C=O) groups is 1. The van der Waals surface area contributed by atoms with Gasteiger partial charge in [-0.2, -0.15) is 0 Å². The standard InChI is InChI=1S/C18H33N3OS/c1-13(2)7-6-8-15(5)21(10-9-14(3)4)18(22)16-12-23-17(11-19)20-16/h12-15H,6-11,19H2,1-5H3. The van der Waals surface area contributed by atoms with Crippen LogP contribution in [0.2, 0.25) is 0 Å². The highest BCUT2D eigenvalue weighted by atomic mass is 32.1. The minimum absolute atomic E-state index is 0.0543. The number of rotatable bonds is 10. The molecule has 1 aromatic heterocycles. The van der Waals surface area contributed by atoms with Gasteiger partial charge in [0.1, 0.15) is 10.7 Å². The van der Waals surface area contributed by atoms with Crippen molar-refractivity contribution in [3.05, 3.63) is 16.1 Å². The van der Waals surface area contributed by atoms with Gasteiger partial charge in [-0.15, -0.1) is 11.3 Å². The molecule has 1 rings (SSSR count). The highest BCUT2D eigenvalue weighted by Crippen LogP contribution is 2.18. The zero-order valence-electron chi connectivity index (χ0n) is 15.3. The van der Waals surface area contributed by atoms with Crippen molar-refractivity contribution in [3.63, 3.8) is 0 Å². The summed E-state index contributed by atoms with van der Waals surface area (Å²) in [5, 5.41) is 2.66. The topological polar surface area (TPSA) is 59.2 Å². The Kier molecular flexibility index (Phi) is 8.77. The average molecular weight is 340 g/mol. The second-order valence-corrected chi connectivity index (χ2v) is 8.13. The van der Waals surface area contributed by atoms with Gasteiger partial charge in [0, 0.05) is 24.5 Å². The lowest BCUT2D eigenvalue weighted by atomic mass is 10.0. The van der Waals surface area contributed by atoms with E-state index in [-0.39, 0.29) is 11.9 Å². The molecular formula is C18H33N3OS. The Morgan fingerprint density at radius 2 is 1.83 bits per heavy atom. The predicted octanol–water partition coefficient (Wildman–Crippen LogP) is 4.30. The Morgan fingerprint density at radius 3 is 2.35 bits per heavy atom. The molecule has 4 nitrogen and oxygen atoms in total. The van der Waals surface area contributed by atoms with Crippen molar-refractivity contribution < 1.29 is 4.79 Å². The van der Waals surface area contributed by atoms with Crippen molar-refractivity contribution >= 4 is 17.2 Å². The molecule has 0 aliphatic carbocycles. The van der Waals surface area contributed by atoms with Crippen LogP contribution in [-0.4, -0.2) is 28.4 Å². The Labute approximate surface area is 145 Å². The molecule has 5 heteroatoms. The van der Waals surface area contributed by atoms with Crippen LogP contribution < -0.4 is 5.73 Å². The van der Waals surface area contributed by atoms with Gasteiger partial charge in [-0.3, -0.25) is 4.79 Å². The number of hydrogen-bond donors (Lipinski definition) is 1. The fourth-order valence-corrected chi connectivity index (χ4v) is 3.20. The molecule has 0 fully saturated rings. The largest absolute Gasteiger partial charge is 0.335 e. The van der Waals surface area contributed by atoms with Crippen LogP contribution in [0.15, 0.2) is 5.38 Å². The van der Waals surface area contributed by atoms with E-state index >= 15 is 0 Å². The average Bonchev–Trinajstić information content (AvgIpc) is 2.95. The van der Waals surface area contributed by atoms with Crippen LogP contribution in [0.5, 0.6) is 0 Å². The summed E-state index contributed by atoms with van der Waals surface area (Å²) >= 11 is 1.47. The maximum atomic E-state index is 12.9. The van der Waals surface area contributed by atoms with E-state index in [0.29, 0.717) is 24.1 Å². The Morgan fingerprint density at radius 1 is 1.17 bits per heavy atom. The van der Waals surface area contributed by atoms with Gasteiger partial charge >= 0.3 is 0 Å². The minimum atomic E-state index is 0.0543. The second-order valence-electron chi connectivity index (χ2n) is 7.19. The van der Waals surface area contributed by atoms with Crippen LogP contribution in [0, 0.1) is 11.8 Å². The number of amides is 1. The molecule has 0 bridgehead atoms. The quantitative estimate of drug-likeness (QED) is 0.691. The third-order valence-electron chi connectivity index (χ3n) is 4.09.